The van der Waals surface area contributed by atoms with Gasteiger partial charge in [-0.15, -0.1) is 0 Å². The molecule has 3 N–H and O–H groups in total. The van der Waals surface area contributed by atoms with Gasteiger partial charge in [-0.3, -0.25) is 4.79 Å². The van der Waals surface area contributed by atoms with Crippen LogP contribution in [-0.2, 0) is 4.79 Å². The maximum Gasteiger partial charge on any atom is 0.225 e. The fraction of sp³-hybridized carbons (Fsp3) is 0.562. The van der Waals surface area contributed by atoms with E-state index in [9.17, 15) is 4.79 Å². The molecule has 1 fully saturated rings. The van der Waals surface area contributed by atoms with Gasteiger partial charge in [0.2, 0.25) is 5.91 Å². The van der Waals surface area contributed by atoms with Gasteiger partial charge in [-0.25, -0.2) is 0 Å². The van der Waals surface area contributed by atoms with Crippen LogP contribution in [0.4, 0.5) is 11.4 Å². The molecule has 1 aliphatic heterocycles. The van der Waals surface area contributed by atoms with Gasteiger partial charge in [0, 0.05) is 19.0 Å². The first-order chi connectivity index (χ1) is 10.1. The van der Waals surface area contributed by atoms with Crippen LogP contribution in [-0.4, -0.2) is 55.5 Å². The monoisotopic (exact) mass is 290 g/mol. The molecule has 1 saturated heterocycles. The number of hydrogen-bond acceptors (Lipinski definition) is 4. The van der Waals surface area contributed by atoms with Crippen molar-refractivity contribution in [2.45, 2.75) is 25.3 Å². The SMILES string of the molecule is CN(C)C1CCN(CCC(=O)Nc2ccccc2N)CC1. The molecular weight excluding hydrogens is 264 g/mol. The molecule has 0 aliphatic carbocycles. The Kier molecular flexibility index (Phi) is 5.59. The molecule has 0 atom stereocenters. The summed E-state index contributed by atoms with van der Waals surface area (Å²) in [5.74, 6) is 0.0302. The minimum atomic E-state index is 0.0302. The lowest BCUT2D eigenvalue weighted by Gasteiger charge is -2.35. The molecule has 1 aliphatic rings. The molecule has 0 bridgehead atoms. The number of anilines is 2. The summed E-state index contributed by atoms with van der Waals surface area (Å²) in [6.45, 7) is 2.96. The number of amides is 1. The summed E-state index contributed by atoms with van der Waals surface area (Å²) in [7, 11) is 4.27. The number of nitrogen functional groups attached to an aromatic ring is 1. The maximum absolute atomic E-state index is 12.0. The standard InChI is InChI=1S/C16H26N4O/c1-19(2)13-7-10-20(11-8-13)12-9-16(21)18-15-6-4-3-5-14(15)17/h3-6,13H,7-12,17H2,1-2H3,(H,18,21). The molecule has 21 heavy (non-hydrogen) atoms. The number of hydrogen-bond donors (Lipinski definition) is 2. The van der Waals surface area contributed by atoms with Gasteiger partial charge < -0.3 is 20.9 Å². The van der Waals surface area contributed by atoms with Crippen LogP contribution in [0.5, 0.6) is 0 Å². The van der Waals surface area contributed by atoms with E-state index in [2.05, 4.69) is 29.2 Å². The predicted octanol–water partition coefficient (Wildman–Crippen LogP) is 1.62. The Labute approximate surface area is 127 Å². The van der Waals surface area contributed by atoms with Gasteiger partial charge in [0.25, 0.3) is 0 Å². The third-order valence-electron chi connectivity index (χ3n) is 4.18. The van der Waals surface area contributed by atoms with E-state index in [0.29, 0.717) is 23.8 Å². The molecular formula is C16H26N4O. The van der Waals surface area contributed by atoms with Crippen molar-refractivity contribution < 1.29 is 4.79 Å². The number of nitrogens with zero attached hydrogens (tertiary/aromatic N) is 2. The van der Waals surface area contributed by atoms with Gasteiger partial charge in [-0.2, -0.15) is 0 Å². The van der Waals surface area contributed by atoms with Gasteiger partial charge in [-0.1, -0.05) is 12.1 Å². The summed E-state index contributed by atoms with van der Waals surface area (Å²) in [6, 6.07) is 8.04. The van der Waals surface area contributed by atoms with Crippen molar-refractivity contribution in [2.75, 3.05) is 44.8 Å². The van der Waals surface area contributed by atoms with Crippen LogP contribution in [0.3, 0.4) is 0 Å². The summed E-state index contributed by atoms with van der Waals surface area (Å²) in [5, 5.41) is 2.88. The number of benzene rings is 1. The zero-order chi connectivity index (χ0) is 15.2. The number of rotatable bonds is 5. The van der Waals surface area contributed by atoms with Crippen LogP contribution in [0.1, 0.15) is 19.3 Å². The van der Waals surface area contributed by atoms with Crippen molar-refractivity contribution in [3.8, 4) is 0 Å². The third-order valence-corrected chi connectivity index (χ3v) is 4.18. The zero-order valence-corrected chi connectivity index (χ0v) is 13.0. The fourth-order valence-electron chi connectivity index (χ4n) is 2.74. The Hall–Kier alpha value is -1.59. The lowest BCUT2D eigenvalue weighted by Crippen LogP contribution is -2.42. The first-order valence-electron chi connectivity index (χ1n) is 7.59. The molecule has 0 spiro atoms. The quantitative estimate of drug-likeness (QED) is 0.809. The summed E-state index contributed by atoms with van der Waals surface area (Å²) < 4.78 is 0. The molecule has 0 radical (unpaired) electrons. The van der Waals surface area contributed by atoms with E-state index in [1.807, 2.05) is 18.2 Å². The second kappa shape index (κ2) is 7.43. The molecule has 5 nitrogen and oxygen atoms in total. The Morgan fingerprint density at radius 1 is 1.33 bits per heavy atom. The first-order valence-corrected chi connectivity index (χ1v) is 7.59. The number of nitrogens with two attached hydrogens (primary N) is 1. The Bertz CT molecular complexity index is 467. The number of para-hydroxylation sites is 2. The van der Waals surface area contributed by atoms with Crippen LogP contribution in [0, 0.1) is 0 Å². The van der Waals surface area contributed by atoms with Gasteiger partial charge >= 0.3 is 0 Å². The minimum absolute atomic E-state index is 0.0302. The van der Waals surface area contributed by atoms with Crippen LogP contribution in [0.15, 0.2) is 24.3 Å². The van der Waals surface area contributed by atoms with Crippen molar-refractivity contribution in [1.29, 1.82) is 0 Å². The molecule has 1 amide bonds. The number of likely N-dealkylation sites (tertiary alicyclic amines) is 1. The highest BCUT2D eigenvalue weighted by Gasteiger charge is 2.20. The van der Waals surface area contributed by atoms with E-state index in [-0.39, 0.29) is 5.91 Å². The molecule has 5 heteroatoms. The van der Waals surface area contributed by atoms with Crippen molar-refractivity contribution in [2.24, 2.45) is 0 Å². The number of carbonyl (C=O) groups excluding carboxylic acids is 1. The summed E-state index contributed by atoms with van der Waals surface area (Å²) in [5.41, 5.74) is 7.13. The van der Waals surface area contributed by atoms with Crippen molar-refractivity contribution >= 4 is 17.3 Å². The largest absolute Gasteiger partial charge is 0.397 e. The topological polar surface area (TPSA) is 61.6 Å². The van der Waals surface area contributed by atoms with E-state index in [1.54, 1.807) is 6.07 Å². The molecule has 1 aromatic rings. The molecule has 2 rings (SSSR count). The van der Waals surface area contributed by atoms with Crippen molar-refractivity contribution in [1.82, 2.24) is 9.80 Å². The fourth-order valence-corrected chi connectivity index (χ4v) is 2.74. The van der Waals surface area contributed by atoms with Gasteiger partial charge in [0.1, 0.15) is 0 Å². The maximum atomic E-state index is 12.0. The Morgan fingerprint density at radius 2 is 2.00 bits per heavy atom. The van der Waals surface area contributed by atoms with E-state index in [0.717, 1.165) is 19.6 Å². The van der Waals surface area contributed by atoms with Crippen LogP contribution >= 0.6 is 0 Å². The van der Waals surface area contributed by atoms with Gasteiger partial charge in [0.15, 0.2) is 0 Å². The zero-order valence-electron chi connectivity index (χ0n) is 13.0. The molecule has 1 aromatic carbocycles. The average Bonchev–Trinajstić information content (AvgIpc) is 2.48. The van der Waals surface area contributed by atoms with Gasteiger partial charge in [0.05, 0.1) is 11.4 Å². The Balaban J connectivity index is 1.72. The normalized spacial score (nSPS) is 17.1. The molecule has 116 valence electrons. The van der Waals surface area contributed by atoms with Crippen LogP contribution < -0.4 is 11.1 Å². The predicted molar refractivity (Wildman–Crippen MR) is 87.3 cm³/mol. The molecule has 0 aromatic heterocycles. The summed E-state index contributed by atoms with van der Waals surface area (Å²) >= 11 is 0. The second-order valence-corrected chi connectivity index (χ2v) is 5.92. The summed E-state index contributed by atoms with van der Waals surface area (Å²) in [6.07, 6.45) is 2.88. The minimum Gasteiger partial charge on any atom is -0.397 e. The molecule has 1 heterocycles. The first kappa shape index (κ1) is 15.8. The van der Waals surface area contributed by atoms with E-state index < -0.39 is 0 Å². The van der Waals surface area contributed by atoms with Crippen molar-refractivity contribution in [3.05, 3.63) is 24.3 Å². The molecule has 0 unspecified atom stereocenters. The smallest absolute Gasteiger partial charge is 0.225 e. The van der Waals surface area contributed by atoms with E-state index in [1.165, 1.54) is 12.8 Å². The van der Waals surface area contributed by atoms with E-state index >= 15 is 0 Å². The average molecular weight is 290 g/mol. The van der Waals surface area contributed by atoms with Crippen LogP contribution in [0.2, 0.25) is 0 Å². The highest BCUT2D eigenvalue weighted by molar-refractivity contribution is 5.93. The van der Waals surface area contributed by atoms with Crippen molar-refractivity contribution in [3.63, 3.8) is 0 Å². The third kappa shape index (κ3) is 4.72. The summed E-state index contributed by atoms with van der Waals surface area (Å²) in [4.78, 5) is 16.6. The highest BCUT2D eigenvalue weighted by atomic mass is 16.1. The second-order valence-electron chi connectivity index (χ2n) is 5.92. The number of carbonyl (C=O) groups is 1. The lowest BCUT2D eigenvalue weighted by atomic mass is 10.0. The highest BCUT2D eigenvalue weighted by Crippen LogP contribution is 2.17. The van der Waals surface area contributed by atoms with Gasteiger partial charge in [-0.05, 0) is 52.2 Å². The number of piperidine rings is 1. The Morgan fingerprint density at radius 3 is 2.62 bits per heavy atom. The van der Waals surface area contributed by atoms with Crippen LogP contribution in [0.25, 0.3) is 0 Å². The van der Waals surface area contributed by atoms with E-state index in [4.69, 9.17) is 5.73 Å². The lowest BCUT2D eigenvalue weighted by molar-refractivity contribution is -0.116. The molecule has 0 saturated carbocycles. The number of nitrogens with one attached hydrogen (secondary N) is 1.